The number of anilines is 1. The standard InChI is InChI=1S/C18H16F2N8O/c19-10-6-11-13(12(20)7-10)24-18(21)28-16(11)25-14(26-28)9-2-1-5-27(8-9)17(29)15-22-3-4-23-15/h3-4,6-7,9H,1-2,5,8H2,(H2,21,24)(H,22,23)/t9-/m1/s1. The van der Waals surface area contributed by atoms with Crippen LogP contribution in [0.15, 0.2) is 24.5 Å². The summed E-state index contributed by atoms with van der Waals surface area (Å²) in [7, 11) is 0. The summed E-state index contributed by atoms with van der Waals surface area (Å²) in [6, 6.07) is 1.91. The van der Waals surface area contributed by atoms with E-state index in [4.69, 9.17) is 5.73 Å². The van der Waals surface area contributed by atoms with E-state index in [1.54, 1.807) is 11.1 Å². The van der Waals surface area contributed by atoms with Crippen LogP contribution >= 0.6 is 0 Å². The number of carbonyl (C=O) groups excluding carboxylic acids is 1. The van der Waals surface area contributed by atoms with Gasteiger partial charge in [-0.25, -0.2) is 23.7 Å². The fraction of sp³-hybridized carbons (Fsp3) is 0.278. The number of aromatic nitrogens is 6. The van der Waals surface area contributed by atoms with Gasteiger partial charge in [-0.3, -0.25) is 4.79 Å². The third kappa shape index (κ3) is 2.85. The van der Waals surface area contributed by atoms with Gasteiger partial charge in [-0.1, -0.05) is 0 Å². The number of fused-ring (bicyclic) bond motifs is 3. The van der Waals surface area contributed by atoms with Gasteiger partial charge < -0.3 is 15.6 Å². The summed E-state index contributed by atoms with van der Waals surface area (Å²) in [5, 5.41) is 4.60. The SMILES string of the molecule is Nc1nc2c(F)cc(F)cc2c2nc([C@@H]3CCCN(C(=O)c4ncc[nH]4)C3)nn12. The number of likely N-dealkylation sites (tertiary alicyclic amines) is 1. The van der Waals surface area contributed by atoms with Gasteiger partial charge in [0.25, 0.3) is 5.91 Å². The fourth-order valence-corrected chi connectivity index (χ4v) is 3.75. The molecule has 0 bridgehead atoms. The number of nitrogens with zero attached hydrogens (tertiary/aromatic N) is 6. The molecule has 5 rings (SSSR count). The molecular formula is C18H16F2N8O. The minimum Gasteiger partial charge on any atom is -0.368 e. The van der Waals surface area contributed by atoms with Crippen LogP contribution in [0.25, 0.3) is 16.6 Å². The van der Waals surface area contributed by atoms with Crippen LogP contribution in [0.2, 0.25) is 0 Å². The molecule has 1 aliphatic rings. The molecule has 1 fully saturated rings. The summed E-state index contributed by atoms with van der Waals surface area (Å²) in [4.78, 5) is 29.6. The quantitative estimate of drug-likeness (QED) is 0.532. The molecule has 1 atom stereocenters. The lowest BCUT2D eigenvalue weighted by Crippen LogP contribution is -2.39. The summed E-state index contributed by atoms with van der Waals surface area (Å²) >= 11 is 0. The van der Waals surface area contributed by atoms with E-state index in [1.165, 1.54) is 10.7 Å². The van der Waals surface area contributed by atoms with E-state index in [0.717, 1.165) is 25.0 Å². The van der Waals surface area contributed by atoms with Gasteiger partial charge in [-0.15, -0.1) is 5.10 Å². The molecule has 4 aromatic rings. The number of carbonyl (C=O) groups is 1. The Bertz CT molecular complexity index is 1240. The number of amides is 1. The Hall–Kier alpha value is -3.63. The molecule has 0 unspecified atom stereocenters. The van der Waals surface area contributed by atoms with Crippen molar-refractivity contribution < 1.29 is 13.6 Å². The molecule has 29 heavy (non-hydrogen) atoms. The first-order valence-electron chi connectivity index (χ1n) is 9.11. The average Bonchev–Trinajstić information content (AvgIpc) is 3.39. The summed E-state index contributed by atoms with van der Waals surface area (Å²) in [5.41, 5.74) is 6.09. The normalized spacial score (nSPS) is 17.3. The third-order valence-electron chi connectivity index (χ3n) is 5.11. The van der Waals surface area contributed by atoms with Crippen molar-refractivity contribution in [1.82, 2.24) is 34.4 Å². The van der Waals surface area contributed by atoms with E-state index >= 15 is 0 Å². The van der Waals surface area contributed by atoms with Gasteiger partial charge in [-0.05, 0) is 18.9 Å². The minimum atomic E-state index is -0.813. The second-order valence-electron chi connectivity index (χ2n) is 6.99. The highest BCUT2D eigenvalue weighted by molar-refractivity contribution is 5.92. The van der Waals surface area contributed by atoms with Crippen molar-refractivity contribution in [2.24, 2.45) is 0 Å². The minimum absolute atomic E-state index is 0.0453. The summed E-state index contributed by atoms with van der Waals surface area (Å²) in [6.07, 6.45) is 4.66. The molecule has 4 heterocycles. The van der Waals surface area contributed by atoms with E-state index in [2.05, 4.69) is 25.0 Å². The van der Waals surface area contributed by atoms with Crippen molar-refractivity contribution in [1.29, 1.82) is 0 Å². The van der Waals surface area contributed by atoms with E-state index < -0.39 is 11.6 Å². The number of aromatic amines is 1. The molecule has 0 spiro atoms. The zero-order chi connectivity index (χ0) is 20.1. The van der Waals surface area contributed by atoms with Gasteiger partial charge in [-0.2, -0.15) is 4.52 Å². The van der Waals surface area contributed by atoms with E-state index in [1.807, 2.05) is 0 Å². The van der Waals surface area contributed by atoms with E-state index in [9.17, 15) is 13.6 Å². The monoisotopic (exact) mass is 398 g/mol. The van der Waals surface area contributed by atoms with Crippen LogP contribution in [0.3, 0.4) is 0 Å². The predicted octanol–water partition coefficient (Wildman–Crippen LogP) is 1.88. The smallest absolute Gasteiger partial charge is 0.289 e. The number of rotatable bonds is 2. The van der Waals surface area contributed by atoms with Crippen molar-refractivity contribution in [3.63, 3.8) is 0 Å². The number of hydrogen-bond acceptors (Lipinski definition) is 6. The molecule has 3 aromatic heterocycles. The Morgan fingerprint density at radius 1 is 1.28 bits per heavy atom. The Labute approximate surface area is 162 Å². The number of imidazole rings is 1. The molecule has 9 nitrogen and oxygen atoms in total. The first-order valence-corrected chi connectivity index (χ1v) is 9.11. The van der Waals surface area contributed by atoms with Gasteiger partial charge in [0.05, 0.1) is 5.39 Å². The number of hydrogen-bond donors (Lipinski definition) is 2. The maximum atomic E-state index is 14.1. The van der Waals surface area contributed by atoms with Gasteiger partial charge in [0.1, 0.15) is 11.3 Å². The highest BCUT2D eigenvalue weighted by Crippen LogP contribution is 2.29. The zero-order valence-electron chi connectivity index (χ0n) is 15.1. The number of piperidine rings is 1. The average molecular weight is 398 g/mol. The number of halogens is 2. The lowest BCUT2D eigenvalue weighted by atomic mass is 9.97. The molecule has 1 aromatic carbocycles. The molecule has 1 amide bonds. The van der Waals surface area contributed by atoms with Crippen LogP contribution in [-0.4, -0.2) is 53.4 Å². The van der Waals surface area contributed by atoms with Gasteiger partial charge in [0.2, 0.25) is 5.95 Å². The predicted molar refractivity (Wildman–Crippen MR) is 99.1 cm³/mol. The first kappa shape index (κ1) is 17.5. The largest absolute Gasteiger partial charge is 0.368 e. The maximum absolute atomic E-state index is 14.1. The maximum Gasteiger partial charge on any atom is 0.289 e. The van der Waals surface area contributed by atoms with Gasteiger partial charge >= 0.3 is 0 Å². The van der Waals surface area contributed by atoms with Crippen LogP contribution in [0.4, 0.5) is 14.7 Å². The molecule has 148 valence electrons. The van der Waals surface area contributed by atoms with Gasteiger partial charge in [0.15, 0.2) is 23.1 Å². The number of nitrogens with one attached hydrogen (secondary N) is 1. The van der Waals surface area contributed by atoms with Crippen LogP contribution < -0.4 is 5.73 Å². The third-order valence-corrected chi connectivity index (χ3v) is 5.11. The fourth-order valence-electron chi connectivity index (χ4n) is 3.75. The Morgan fingerprint density at radius 2 is 2.14 bits per heavy atom. The van der Waals surface area contributed by atoms with Gasteiger partial charge in [0, 0.05) is 37.5 Å². The van der Waals surface area contributed by atoms with Crippen LogP contribution in [0.5, 0.6) is 0 Å². The summed E-state index contributed by atoms with van der Waals surface area (Å²) in [6.45, 7) is 1.01. The van der Waals surface area contributed by atoms with Crippen LogP contribution in [-0.2, 0) is 0 Å². The van der Waals surface area contributed by atoms with Crippen molar-refractivity contribution in [3.05, 3.63) is 47.8 Å². The zero-order valence-corrected chi connectivity index (χ0v) is 15.1. The second kappa shape index (κ2) is 6.47. The summed E-state index contributed by atoms with van der Waals surface area (Å²) in [5.74, 6) is -1.20. The Balaban J connectivity index is 1.54. The number of H-pyrrole nitrogens is 1. The molecule has 0 aliphatic carbocycles. The lowest BCUT2D eigenvalue weighted by molar-refractivity contribution is 0.0693. The van der Waals surface area contributed by atoms with E-state index in [0.29, 0.717) is 18.9 Å². The second-order valence-corrected chi connectivity index (χ2v) is 6.99. The van der Waals surface area contributed by atoms with E-state index in [-0.39, 0.29) is 40.1 Å². The first-order chi connectivity index (χ1) is 14.0. The van der Waals surface area contributed by atoms with Crippen molar-refractivity contribution in [2.75, 3.05) is 18.8 Å². The number of nitrogens with two attached hydrogens (primary N) is 1. The number of benzene rings is 1. The molecule has 3 N–H and O–H groups in total. The topological polar surface area (TPSA) is 118 Å². The highest BCUT2D eigenvalue weighted by Gasteiger charge is 2.29. The molecule has 0 radical (unpaired) electrons. The van der Waals surface area contributed by atoms with Crippen LogP contribution in [0.1, 0.15) is 35.2 Å². The highest BCUT2D eigenvalue weighted by atomic mass is 19.1. The van der Waals surface area contributed by atoms with Crippen molar-refractivity contribution in [3.8, 4) is 0 Å². The number of nitrogen functional groups attached to an aromatic ring is 1. The molecule has 0 saturated carbocycles. The van der Waals surface area contributed by atoms with Crippen molar-refractivity contribution in [2.45, 2.75) is 18.8 Å². The Morgan fingerprint density at radius 3 is 2.93 bits per heavy atom. The van der Waals surface area contributed by atoms with Crippen molar-refractivity contribution >= 4 is 28.4 Å². The molecule has 1 aliphatic heterocycles. The lowest BCUT2D eigenvalue weighted by Gasteiger charge is -2.30. The van der Waals surface area contributed by atoms with Crippen LogP contribution in [0, 0.1) is 11.6 Å². The summed E-state index contributed by atoms with van der Waals surface area (Å²) < 4.78 is 29.2. The molecule has 11 heteroatoms. The Kier molecular flexibility index (Phi) is 3.89. The molecule has 1 saturated heterocycles. The molecular weight excluding hydrogens is 382 g/mol.